The van der Waals surface area contributed by atoms with Gasteiger partial charge in [0, 0.05) is 4.47 Å². The molecule has 0 fully saturated rings. The third-order valence-corrected chi connectivity index (χ3v) is 2.82. The lowest BCUT2D eigenvalue weighted by Crippen LogP contribution is -2.18. The summed E-state index contributed by atoms with van der Waals surface area (Å²) in [5.41, 5.74) is 6.39. The Labute approximate surface area is 111 Å². The standard InChI is InChI=1S/C11H13BrF3NO2/c12-10-2-1-9(7-8(10)3-4-16)17-5-6-18-11(13,14)15/h1-2,7H,3-6,16H2. The van der Waals surface area contributed by atoms with Gasteiger partial charge < -0.3 is 10.5 Å². The van der Waals surface area contributed by atoms with Crippen LogP contribution in [0, 0.1) is 0 Å². The fourth-order valence-corrected chi connectivity index (χ4v) is 1.75. The molecule has 1 rings (SSSR count). The number of hydrogen-bond acceptors (Lipinski definition) is 3. The molecule has 2 N–H and O–H groups in total. The molecule has 0 aliphatic rings. The van der Waals surface area contributed by atoms with E-state index in [4.69, 9.17) is 10.5 Å². The maximum Gasteiger partial charge on any atom is 0.522 e. The summed E-state index contributed by atoms with van der Waals surface area (Å²) >= 11 is 3.35. The lowest BCUT2D eigenvalue weighted by atomic mass is 10.1. The van der Waals surface area contributed by atoms with Crippen LogP contribution in [0.4, 0.5) is 13.2 Å². The van der Waals surface area contributed by atoms with E-state index < -0.39 is 13.0 Å². The molecule has 0 saturated carbocycles. The average Bonchev–Trinajstić information content (AvgIpc) is 2.28. The Bertz CT molecular complexity index is 385. The van der Waals surface area contributed by atoms with E-state index in [1.54, 1.807) is 18.2 Å². The molecule has 0 atom stereocenters. The molecule has 1 aromatic rings. The van der Waals surface area contributed by atoms with Crippen LogP contribution in [0.2, 0.25) is 0 Å². The van der Waals surface area contributed by atoms with Crippen LogP contribution >= 0.6 is 15.9 Å². The van der Waals surface area contributed by atoms with Gasteiger partial charge in [-0.3, -0.25) is 4.74 Å². The summed E-state index contributed by atoms with van der Waals surface area (Å²) in [6.07, 6.45) is -3.95. The van der Waals surface area contributed by atoms with Gasteiger partial charge >= 0.3 is 6.36 Å². The summed E-state index contributed by atoms with van der Waals surface area (Å²) in [7, 11) is 0. The summed E-state index contributed by atoms with van der Waals surface area (Å²) in [5, 5.41) is 0. The normalized spacial score (nSPS) is 11.6. The molecule has 0 aromatic heterocycles. The summed E-state index contributed by atoms with van der Waals surface area (Å²) in [4.78, 5) is 0. The van der Waals surface area contributed by atoms with Gasteiger partial charge in [-0.05, 0) is 36.7 Å². The minimum Gasteiger partial charge on any atom is -0.491 e. The van der Waals surface area contributed by atoms with E-state index in [9.17, 15) is 13.2 Å². The van der Waals surface area contributed by atoms with Crippen molar-refractivity contribution in [2.24, 2.45) is 5.73 Å². The van der Waals surface area contributed by atoms with Gasteiger partial charge in [-0.2, -0.15) is 0 Å². The number of alkyl halides is 3. The molecule has 0 aliphatic carbocycles. The number of nitrogens with two attached hydrogens (primary N) is 1. The molecular weight excluding hydrogens is 315 g/mol. The van der Waals surface area contributed by atoms with Crippen molar-refractivity contribution in [1.82, 2.24) is 0 Å². The lowest BCUT2D eigenvalue weighted by Gasteiger charge is -2.10. The third kappa shape index (κ3) is 5.70. The van der Waals surface area contributed by atoms with Gasteiger partial charge in [0.15, 0.2) is 0 Å². The van der Waals surface area contributed by atoms with Crippen molar-refractivity contribution in [2.45, 2.75) is 12.8 Å². The van der Waals surface area contributed by atoms with Crippen LogP contribution < -0.4 is 10.5 Å². The predicted molar refractivity (Wildman–Crippen MR) is 64.4 cm³/mol. The SMILES string of the molecule is NCCc1cc(OCCOC(F)(F)F)ccc1Br. The Hall–Kier alpha value is -0.790. The molecule has 7 heteroatoms. The number of hydrogen-bond donors (Lipinski definition) is 1. The zero-order valence-corrected chi connectivity index (χ0v) is 11.1. The molecule has 0 aliphatic heterocycles. The highest BCUT2D eigenvalue weighted by Gasteiger charge is 2.28. The van der Waals surface area contributed by atoms with Gasteiger partial charge in [0.25, 0.3) is 0 Å². The molecule has 0 radical (unpaired) electrons. The molecule has 1 aromatic carbocycles. The van der Waals surface area contributed by atoms with Crippen LogP contribution in [0.3, 0.4) is 0 Å². The number of ether oxygens (including phenoxy) is 2. The fourth-order valence-electron chi connectivity index (χ4n) is 1.30. The molecular formula is C11H13BrF3NO2. The Kier molecular flexibility index (Phi) is 5.90. The monoisotopic (exact) mass is 327 g/mol. The first kappa shape index (κ1) is 15.3. The van der Waals surface area contributed by atoms with Crippen molar-refractivity contribution in [2.75, 3.05) is 19.8 Å². The molecule has 0 saturated heterocycles. The molecule has 0 heterocycles. The number of rotatable bonds is 6. The Morgan fingerprint density at radius 1 is 1.22 bits per heavy atom. The van der Waals surface area contributed by atoms with E-state index in [1.165, 1.54) is 0 Å². The zero-order valence-electron chi connectivity index (χ0n) is 9.47. The lowest BCUT2D eigenvalue weighted by molar-refractivity contribution is -0.325. The van der Waals surface area contributed by atoms with Crippen LogP contribution in [-0.2, 0) is 11.2 Å². The minimum absolute atomic E-state index is 0.163. The summed E-state index contributed by atoms with van der Waals surface area (Å²) < 4.78 is 44.8. The fraction of sp³-hybridized carbons (Fsp3) is 0.455. The van der Waals surface area contributed by atoms with Crippen LogP contribution in [0.25, 0.3) is 0 Å². The smallest absolute Gasteiger partial charge is 0.491 e. The quantitative estimate of drug-likeness (QED) is 0.817. The summed E-state index contributed by atoms with van der Waals surface area (Å²) in [5.74, 6) is 0.493. The molecule has 0 unspecified atom stereocenters. The number of benzene rings is 1. The zero-order chi connectivity index (χ0) is 13.6. The van der Waals surface area contributed by atoms with Crippen molar-refractivity contribution >= 4 is 15.9 Å². The second kappa shape index (κ2) is 6.96. The van der Waals surface area contributed by atoms with Crippen molar-refractivity contribution in [3.8, 4) is 5.75 Å². The van der Waals surface area contributed by atoms with Crippen molar-refractivity contribution < 1.29 is 22.6 Å². The first-order valence-corrected chi connectivity index (χ1v) is 6.03. The van der Waals surface area contributed by atoms with Crippen molar-refractivity contribution in [3.05, 3.63) is 28.2 Å². The van der Waals surface area contributed by atoms with Crippen LogP contribution in [0.15, 0.2) is 22.7 Å². The van der Waals surface area contributed by atoms with Crippen molar-refractivity contribution in [3.63, 3.8) is 0 Å². The molecule has 0 spiro atoms. The Balaban J connectivity index is 2.45. The van der Waals surface area contributed by atoms with Gasteiger partial charge in [0.2, 0.25) is 0 Å². The summed E-state index contributed by atoms with van der Waals surface area (Å²) in [6, 6.07) is 5.17. The highest BCUT2D eigenvalue weighted by molar-refractivity contribution is 9.10. The Morgan fingerprint density at radius 3 is 2.56 bits per heavy atom. The van der Waals surface area contributed by atoms with Crippen molar-refractivity contribution in [1.29, 1.82) is 0 Å². The van der Waals surface area contributed by atoms with E-state index in [2.05, 4.69) is 20.7 Å². The highest BCUT2D eigenvalue weighted by Crippen LogP contribution is 2.23. The molecule has 3 nitrogen and oxygen atoms in total. The largest absolute Gasteiger partial charge is 0.522 e. The van der Waals surface area contributed by atoms with E-state index in [1.807, 2.05) is 0 Å². The third-order valence-electron chi connectivity index (χ3n) is 2.05. The summed E-state index contributed by atoms with van der Waals surface area (Å²) in [6.45, 7) is -0.214. The van der Waals surface area contributed by atoms with Crippen LogP contribution in [-0.4, -0.2) is 26.1 Å². The Morgan fingerprint density at radius 2 is 1.94 bits per heavy atom. The van der Waals surface area contributed by atoms with Gasteiger partial charge in [-0.1, -0.05) is 15.9 Å². The van der Waals surface area contributed by atoms with Gasteiger partial charge in [0.1, 0.15) is 12.4 Å². The second-order valence-electron chi connectivity index (χ2n) is 3.43. The topological polar surface area (TPSA) is 44.5 Å². The van der Waals surface area contributed by atoms with Crippen LogP contribution in [0.1, 0.15) is 5.56 Å². The van der Waals surface area contributed by atoms with E-state index in [0.717, 1.165) is 10.0 Å². The maximum atomic E-state index is 11.7. The maximum absolute atomic E-state index is 11.7. The molecule has 18 heavy (non-hydrogen) atoms. The van der Waals surface area contributed by atoms with Crippen LogP contribution in [0.5, 0.6) is 5.75 Å². The minimum atomic E-state index is -4.62. The first-order chi connectivity index (χ1) is 8.42. The molecule has 0 amide bonds. The molecule has 102 valence electrons. The first-order valence-electron chi connectivity index (χ1n) is 5.24. The average molecular weight is 328 g/mol. The predicted octanol–water partition coefficient (Wildman–Crippen LogP) is 2.87. The van der Waals surface area contributed by atoms with Gasteiger partial charge in [-0.25, -0.2) is 0 Å². The van der Waals surface area contributed by atoms with Gasteiger partial charge in [0.05, 0.1) is 6.61 Å². The highest BCUT2D eigenvalue weighted by atomic mass is 79.9. The molecule has 0 bridgehead atoms. The van der Waals surface area contributed by atoms with E-state index in [0.29, 0.717) is 18.7 Å². The number of halogens is 4. The van der Waals surface area contributed by atoms with Gasteiger partial charge in [-0.15, -0.1) is 13.2 Å². The second-order valence-corrected chi connectivity index (χ2v) is 4.29. The van der Waals surface area contributed by atoms with E-state index >= 15 is 0 Å². The van der Waals surface area contributed by atoms with E-state index in [-0.39, 0.29) is 6.61 Å².